The van der Waals surface area contributed by atoms with E-state index in [1.165, 1.54) is 12.1 Å². The van der Waals surface area contributed by atoms with Crippen molar-refractivity contribution in [3.8, 4) is 0 Å². The Bertz CT molecular complexity index is 512. The molecule has 1 aromatic heterocycles. The van der Waals surface area contributed by atoms with Crippen molar-refractivity contribution in [1.82, 2.24) is 9.88 Å². The molecule has 5 nitrogen and oxygen atoms in total. The van der Waals surface area contributed by atoms with Crippen molar-refractivity contribution in [3.05, 3.63) is 29.1 Å². The van der Waals surface area contributed by atoms with Crippen LogP contribution < -0.4 is 0 Å². The Labute approximate surface area is 126 Å². The van der Waals surface area contributed by atoms with Crippen molar-refractivity contribution >= 4 is 11.9 Å². The van der Waals surface area contributed by atoms with E-state index < -0.39 is 5.97 Å². The SMILES string of the molecule is CCCCCN(C(=O)c1ccc(C(=O)O)c(C)n1)C(C)C. The molecule has 116 valence electrons. The second-order valence-electron chi connectivity index (χ2n) is 5.43. The third-order valence-corrected chi connectivity index (χ3v) is 3.42. The van der Waals surface area contributed by atoms with E-state index in [-0.39, 0.29) is 17.5 Å². The third-order valence-electron chi connectivity index (χ3n) is 3.42. The molecular weight excluding hydrogens is 268 g/mol. The summed E-state index contributed by atoms with van der Waals surface area (Å²) in [6.07, 6.45) is 3.15. The smallest absolute Gasteiger partial charge is 0.337 e. The average molecular weight is 292 g/mol. The van der Waals surface area contributed by atoms with Gasteiger partial charge in [0.05, 0.1) is 11.3 Å². The Balaban J connectivity index is 2.93. The molecule has 0 fully saturated rings. The van der Waals surface area contributed by atoms with Gasteiger partial charge in [-0.2, -0.15) is 0 Å². The summed E-state index contributed by atoms with van der Waals surface area (Å²) < 4.78 is 0. The Hall–Kier alpha value is -1.91. The fourth-order valence-electron chi connectivity index (χ4n) is 2.18. The first kappa shape index (κ1) is 17.1. The van der Waals surface area contributed by atoms with Gasteiger partial charge in [0.15, 0.2) is 0 Å². The number of hydrogen-bond acceptors (Lipinski definition) is 3. The molecule has 1 heterocycles. The number of carboxylic acids is 1. The van der Waals surface area contributed by atoms with Crippen LogP contribution in [0.3, 0.4) is 0 Å². The van der Waals surface area contributed by atoms with Gasteiger partial charge in [-0.15, -0.1) is 0 Å². The second-order valence-corrected chi connectivity index (χ2v) is 5.43. The molecule has 0 aliphatic rings. The Morgan fingerprint density at radius 1 is 1.29 bits per heavy atom. The van der Waals surface area contributed by atoms with Crippen molar-refractivity contribution < 1.29 is 14.7 Å². The van der Waals surface area contributed by atoms with Gasteiger partial charge >= 0.3 is 5.97 Å². The van der Waals surface area contributed by atoms with E-state index in [4.69, 9.17) is 5.11 Å². The van der Waals surface area contributed by atoms with Crippen LogP contribution in [0, 0.1) is 6.92 Å². The Kier molecular flexibility index (Phi) is 6.34. The molecule has 0 radical (unpaired) electrons. The molecule has 21 heavy (non-hydrogen) atoms. The number of hydrogen-bond donors (Lipinski definition) is 1. The summed E-state index contributed by atoms with van der Waals surface area (Å²) in [5, 5.41) is 9.00. The molecule has 0 aromatic carbocycles. The number of aryl methyl sites for hydroxylation is 1. The molecule has 0 saturated heterocycles. The number of nitrogens with zero attached hydrogens (tertiary/aromatic N) is 2. The van der Waals surface area contributed by atoms with E-state index in [1.54, 1.807) is 11.8 Å². The lowest BCUT2D eigenvalue weighted by Crippen LogP contribution is -2.38. The number of unbranched alkanes of at least 4 members (excludes halogenated alkanes) is 2. The minimum atomic E-state index is -1.03. The first-order valence-corrected chi connectivity index (χ1v) is 7.40. The van der Waals surface area contributed by atoms with Crippen LogP contribution >= 0.6 is 0 Å². The number of carbonyl (C=O) groups is 2. The van der Waals surface area contributed by atoms with Gasteiger partial charge in [-0.3, -0.25) is 4.79 Å². The lowest BCUT2D eigenvalue weighted by Gasteiger charge is -2.26. The van der Waals surface area contributed by atoms with Gasteiger partial charge in [-0.05, 0) is 39.3 Å². The largest absolute Gasteiger partial charge is 0.478 e. The van der Waals surface area contributed by atoms with Crippen molar-refractivity contribution in [3.63, 3.8) is 0 Å². The summed E-state index contributed by atoms with van der Waals surface area (Å²) in [6, 6.07) is 3.03. The number of amides is 1. The summed E-state index contributed by atoms with van der Waals surface area (Å²) in [4.78, 5) is 29.5. The lowest BCUT2D eigenvalue weighted by atomic mass is 10.1. The zero-order chi connectivity index (χ0) is 16.0. The van der Waals surface area contributed by atoms with Gasteiger partial charge in [0.1, 0.15) is 5.69 Å². The van der Waals surface area contributed by atoms with Crippen LogP contribution in [0.5, 0.6) is 0 Å². The minimum Gasteiger partial charge on any atom is -0.478 e. The highest BCUT2D eigenvalue weighted by atomic mass is 16.4. The van der Waals surface area contributed by atoms with E-state index in [0.29, 0.717) is 17.9 Å². The maximum atomic E-state index is 12.5. The topological polar surface area (TPSA) is 70.5 Å². The van der Waals surface area contributed by atoms with Gasteiger partial charge in [-0.25, -0.2) is 9.78 Å². The standard InChI is InChI=1S/C16H24N2O3/c1-5-6-7-10-18(11(2)3)15(19)14-9-8-13(16(20)21)12(4)17-14/h8-9,11H,5-7,10H2,1-4H3,(H,20,21). The van der Waals surface area contributed by atoms with Gasteiger partial charge in [0.2, 0.25) is 0 Å². The van der Waals surface area contributed by atoms with E-state index in [1.807, 2.05) is 13.8 Å². The Morgan fingerprint density at radius 2 is 1.95 bits per heavy atom. The van der Waals surface area contributed by atoms with E-state index in [2.05, 4.69) is 11.9 Å². The highest BCUT2D eigenvalue weighted by Gasteiger charge is 2.20. The van der Waals surface area contributed by atoms with Crippen LogP contribution in [-0.2, 0) is 0 Å². The number of rotatable bonds is 7. The molecule has 5 heteroatoms. The van der Waals surface area contributed by atoms with Crippen LogP contribution in [0.4, 0.5) is 0 Å². The highest BCUT2D eigenvalue weighted by molar-refractivity contribution is 5.94. The summed E-state index contributed by atoms with van der Waals surface area (Å²) in [6.45, 7) is 8.38. The molecule has 1 N–H and O–H groups in total. The quantitative estimate of drug-likeness (QED) is 0.784. The van der Waals surface area contributed by atoms with Crippen LogP contribution in [0.1, 0.15) is 66.6 Å². The maximum Gasteiger partial charge on any atom is 0.337 e. The zero-order valence-electron chi connectivity index (χ0n) is 13.2. The highest BCUT2D eigenvalue weighted by Crippen LogP contribution is 2.12. The number of carbonyl (C=O) groups excluding carboxylic acids is 1. The first-order chi connectivity index (χ1) is 9.88. The van der Waals surface area contributed by atoms with E-state index in [9.17, 15) is 9.59 Å². The molecule has 0 aliphatic carbocycles. The fourth-order valence-corrected chi connectivity index (χ4v) is 2.18. The van der Waals surface area contributed by atoms with Crippen LogP contribution in [0.25, 0.3) is 0 Å². The van der Waals surface area contributed by atoms with Crippen molar-refractivity contribution in [2.75, 3.05) is 6.54 Å². The van der Waals surface area contributed by atoms with Crippen molar-refractivity contribution in [2.45, 2.75) is 53.0 Å². The third kappa shape index (κ3) is 4.55. The van der Waals surface area contributed by atoms with Gasteiger partial charge < -0.3 is 10.0 Å². The van der Waals surface area contributed by atoms with E-state index >= 15 is 0 Å². The monoisotopic (exact) mass is 292 g/mol. The molecule has 0 saturated carbocycles. The fraction of sp³-hybridized carbons (Fsp3) is 0.562. The predicted octanol–water partition coefficient (Wildman–Crippen LogP) is 3.13. The molecule has 0 atom stereocenters. The molecule has 0 unspecified atom stereocenters. The Morgan fingerprint density at radius 3 is 2.43 bits per heavy atom. The average Bonchev–Trinajstić information content (AvgIpc) is 2.42. The molecular formula is C16H24N2O3. The normalized spacial score (nSPS) is 10.7. The molecule has 1 rings (SSSR count). The zero-order valence-corrected chi connectivity index (χ0v) is 13.2. The van der Waals surface area contributed by atoms with Gasteiger partial charge in [0, 0.05) is 12.6 Å². The van der Waals surface area contributed by atoms with Crippen molar-refractivity contribution in [1.29, 1.82) is 0 Å². The minimum absolute atomic E-state index is 0.0932. The van der Waals surface area contributed by atoms with E-state index in [0.717, 1.165) is 19.3 Å². The molecule has 0 bridgehead atoms. The number of aromatic nitrogens is 1. The summed E-state index contributed by atoms with van der Waals surface area (Å²) in [7, 11) is 0. The lowest BCUT2D eigenvalue weighted by molar-refractivity contribution is 0.0679. The first-order valence-electron chi connectivity index (χ1n) is 7.40. The van der Waals surface area contributed by atoms with Crippen molar-refractivity contribution in [2.24, 2.45) is 0 Å². The van der Waals surface area contributed by atoms with Crippen LogP contribution in [0.2, 0.25) is 0 Å². The molecule has 1 amide bonds. The maximum absolute atomic E-state index is 12.5. The summed E-state index contributed by atoms with van der Waals surface area (Å²) in [5.41, 5.74) is 0.807. The van der Waals surface area contributed by atoms with Gasteiger partial charge in [-0.1, -0.05) is 19.8 Å². The number of pyridine rings is 1. The predicted molar refractivity (Wildman–Crippen MR) is 81.6 cm³/mol. The van der Waals surface area contributed by atoms with Gasteiger partial charge in [0.25, 0.3) is 5.91 Å². The molecule has 1 aromatic rings. The molecule has 0 spiro atoms. The number of aromatic carboxylic acids is 1. The molecule has 0 aliphatic heterocycles. The summed E-state index contributed by atoms with van der Waals surface area (Å²) in [5.74, 6) is -1.16. The van der Waals surface area contributed by atoms with Crippen LogP contribution in [-0.4, -0.2) is 39.5 Å². The summed E-state index contributed by atoms with van der Waals surface area (Å²) >= 11 is 0. The second kappa shape index (κ2) is 7.76. The number of carboxylic acid groups (broad SMARTS) is 1. The van der Waals surface area contributed by atoms with Crippen LogP contribution in [0.15, 0.2) is 12.1 Å².